The van der Waals surface area contributed by atoms with Crippen LogP contribution in [0.3, 0.4) is 0 Å². The molecule has 0 bridgehead atoms. The van der Waals surface area contributed by atoms with Gasteiger partial charge in [0.15, 0.2) is 0 Å². The number of ether oxygens (including phenoxy) is 1. The number of nitrogens with two attached hydrogens (primary N) is 1. The first kappa shape index (κ1) is 14.3. The molecule has 1 saturated heterocycles. The number of carbonyl (C=O) groups is 1. The molecule has 0 unspecified atom stereocenters. The van der Waals surface area contributed by atoms with Crippen molar-refractivity contribution >= 4 is 11.8 Å². The molecule has 0 aromatic rings. The molecule has 0 atom stereocenters. The molecule has 0 aromatic heterocycles. The number of rotatable bonds is 1. The van der Waals surface area contributed by atoms with Gasteiger partial charge in [-0.25, -0.2) is 9.79 Å². The maximum Gasteiger partial charge on any atom is 0.410 e. The van der Waals surface area contributed by atoms with Gasteiger partial charge >= 0.3 is 6.09 Å². The molecule has 0 spiro atoms. The monoisotopic (exact) mass is 251 g/mol. The average Bonchev–Trinajstić information content (AvgIpc) is 2.17. The number of piperidine rings is 1. The van der Waals surface area contributed by atoms with E-state index in [-0.39, 0.29) is 11.9 Å². The van der Waals surface area contributed by atoms with Crippen molar-refractivity contribution in [2.24, 2.45) is 10.7 Å². The summed E-state index contributed by atoms with van der Waals surface area (Å²) >= 11 is 0. The highest BCUT2D eigenvalue weighted by Gasteiger charge is 2.27. The maximum absolute atomic E-state index is 11.9. The van der Waals surface area contributed by atoms with Crippen LogP contribution >= 0.6 is 0 Å². The molecule has 18 heavy (non-hydrogen) atoms. The van der Waals surface area contributed by atoms with E-state index >= 15 is 0 Å². The number of hydrogen-bond donors (Lipinski definition) is 1. The second kappa shape index (κ2) is 5.25. The standard InChI is InChI=1S/C13H21N3O2/c1-9-6-7-16(8-11(9)15-10(2)14)12(17)18-13(3,4)5/h1-2,6-8,14H2,3-5H3/b15-11-. The first-order chi connectivity index (χ1) is 8.19. The summed E-state index contributed by atoms with van der Waals surface area (Å²) in [5, 5.41) is 0. The summed E-state index contributed by atoms with van der Waals surface area (Å²) in [5.41, 5.74) is 6.54. The lowest BCUT2D eigenvalue weighted by molar-refractivity contribution is 0.0274. The van der Waals surface area contributed by atoms with E-state index in [9.17, 15) is 4.79 Å². The lowest BCUT2D eigenvalue weighted by Crippen LogP contribution is -2.43. The summed E-state index contributed by atoms with van der Waals surface area (Å²) in [7, 11) is 0. The fourth-order valence-electron chi connectivity index (χ4n) is 1.56. The SMILES string of the molecule is C=C(N)/N=C1/CN(C(=O)OC(C)(C)C)CCC1=C. The normalized spacial score (nSPS) is 18.9. The highest BCUT2D eigenvalue weighted by molar-refractivity contribution is 6.03. The van der Waals surface area contributed by atoms with Crippen LogP contribution in [0.4, 0.5) is 4.79 Å². The minimum atomic E-state index is -0.500. The Morgan fingerprint density at radius 1 is 1.50 bits per heavy atom. The van der Waals surface area contributed by atoms with Gasteiger partial charge in [0.25, 0.3) is 0 Å². The van der Waals surface area contributed by atoms with Crippen molar-refractivity contribution in [3.63, 3.8) is 0 Å². The van der Waals surface area contributed by atoms with Crippen LogP contribution in [-0.2, 0) is 4.74 Å². The quantitative estimate of drug-likeness (QED) is 0.775. The second-order valence-electron chi connectivity index (χ2n) is 5.31. The molecule has 0 radical (unpaired) electrons. The molecule has 1 amide bonds. The summed E-state index contributed by atoms with van der Waals surface area (Å²) < 4.78 is 5.31. The van der Waals surface area contributed by atoms with Gasteiger partial charge in [0, 0.05) is 6.54 Å². The van der Waals surface area contributed by atoms with Crippen LogP contribution < -0.4 is 5.73 Å². The number of nitrogens with zero attached hydrogens (tertiary/aromatic N) is 2. The van der Waals surface area contributed by atoms with Gasteiger partial charge in [0.2, 0.25) is 0 Å². The smallest absolute Gasteiger partial charge is 0.410 e. The number of amides is 1. The van der Waals surface area contributed by atoms with Crippen molar-refractivity contribution in [2.45, 2.75) is 32.8 Å². The predicted octanol–water partition coefficient (Wildman–Crippen LogP) is 2.05. The molecule has 1 rings (SSSR count). The van der Waals surface area contributed by atoms with Crippen LogP contribution in [0.15, 0.2) is 29.5 Å². The van der Waals surface area contributed by atoms with E-state index in [1.165, 1.54) is 0 Å². The Bertz CT molecular complexity index is 405. The van der Waals surface area contributed by atoms with Crippen LogP contribution in [0.5, 0.6) is 0 Å². The van der Waals surface area contributed by atoms with Crippen molar-refractivity contribution in [1.29, 1.82) is 0 Å². The van der Waals surface area contributed by atoms with Gasteiger partial charge in [-0.1, -0.05) is 13.2 Å². The highest BCUT2D eigenvalue weighted by Crippen LogP contribution is 2.17. The van der Waals surface area contributed by atoms with Gasteiger partial charge in [0.05, 0.1) is 12.3 Å². The van der Waals surface area contributed by atoms with Crippen molar-refractivity contribution in [2.75, 3.05) is 13.1 Å². The molecule has 5 heteroatoms. The van der Waals surface area contributed by atoms with E-state index in [2.05, 4.69) is 18.2 Å². The number of aliphatic imine (C=N–C) groups is 1. The van der Waals surface area contributed by atoms with Crippen molar-refractivity contribution < 1.29 is 9.53 Å². The lowest BCUT2D eigenvalue weighted by atomic mass is 10.0. The third-order valence-corrected chi connectivity index (χ3v) is 2.36. The number of carbonyl (C=O) groups excluding carboxylic acids is 1. The van der Waals surface area contributed by atoms with Gasteiger partial charge in [-0.2, -0.15) is 0 Å². The van der Waals surface area contributed by atoms with Crippen LogP contribution in [0.25, 0.3) is 0 Å². The molecule has 5 nitrogen and oxygen atoms in total. The Kier molecular flexibility index (Phi) is 4.16. The molecule has 2 N–H and O–H groups in total. The Morgan fingerprint density at radius 3 is 2.61 bits per heavy atom. The average molecular weight is 251 g/mol. The largest absolute Gasteiger partial charge is 0.444 e. The first-order valence-electron chi connectivity index (χ1n) is 5.87. The molecular weight excluding hydrogens is 230 g/mol. The summed E-state index contributed by atoms with van der Waals surface area (Å²) in [6.45, 7) is 13.9. The van der Waals surface area contributed by atoms with Crippen molar-refractivity contribution in [3.8, 4) is 0 Å². The van der Waals surface area contributed by atoms with Gasteiger partial charge in [-0.15, -0.1) is 0 Å². The lowest BCUT2D eigenvalue weighted by Gasteiger charge is -2.31. The van der Waals surface area contributed by atoms with E-state index in [1.54, 1.807) is 4.90 Å². The first-order valence-corrected chi connectivity index (χ1v) is 5.87. The Balaban J connectivity index is 2.73. The van der Waals surface area contributed by atoms with E-state index in [1.807, 2.05) is 20.8 Å². The summed E-state index contributed by atoms with van der Waals surface area (Å²) in [4.78, 5) is 17.6. The molecule has 0 saturated carbocycles. The van der Waals surface area contributed by atoms with Gasteiger partial charge in [0.1, 0.15) is 11.4 Å². The fraction of sp³-hybridized carbons (Fsp3) is 0.538. The van der Waals surface area contributed by atoms with E-state index in [0.717, 1.165) is 5.57 Å². The van der Waals surface area contributed by atoms with Crippen LogP contribution in [0.1, 0.15) is 27.2 Å². The van der Waals surface area contributed by atoms with E-state index < -0.39 is 5.60 Å². The van der Waals surface area contributed by atoms with E-state index in [4.69, 9.17) is 10.5 Å². The molecule has 1 heterocycles. The van der Waals surface area contributed by atoms with E-state index in [0.29, 0.717) is 25.2 Å². The predicted molar refractivity (Wildman–Crippen MR) is 72.3 cm³/mol. The second-order valence-corrected chi connectivity index (χ2v) is 5.31. The number of likely N-dealkylation sites (tertiary alicyclic amines) is 1. The van der Waals surface area contributed by atoms with Gasteiger partial charge in [-0.3, -0.25) is 0 Å². The minimum Gasteiger partial charge on any atom is -0.444 e. The summed E-state index contributed by atoms with van der Waals surface area (Å²) in [6.07, 6.45) is 0.330. The third-order valence-electron chi connectivity index (χ3n) is 2.36. The highest BCUT2D eigenvalue weighted by atomic mass is 16.6. The molecule has 1 aliphatic rings. The summed E-state index contributed by atoms with van der Waals surface area (Å²) in [5.74, 6) is 0.220. The van der Waals surface area contributed by atoms with Crippen molar-refractivity contribution in [3.05, 3.63) is 24.6 Å². The van der Waals surface area contributed by atoms with Crippen LogP contribution in [-0.4, -0.2) is 35.4 Å². The molecule has 1 fully saturated rings. The van der Waals surface area contributed by atoms with Gasteiger partial charge < -0.3 is 15.4 Å². The van der Waals surface area contributed by atoms with Gasteiger partial charge in [-0.05, 0) is 32.8 Å². The molecule has 0 aromatic carbocycles. The zero-order valence-corrected chi connectivity index (χ0v) is 11.3. The van der Waals surface area contributed by atoms with Crippen LogP contribution in [0.2, 0.25) is 0 Å². The molecule has 1 aliphatic heterocycles. The molecule has 0 aliphatic carbocycles. The third kappa shape index (κ3) is 4.24. The topological polar surface area (TPSA) is 67.9 Å². The Labute approximate surface area is 108 Å². The number of hydrogen-bond acceptors (Lipinski definition) is 4. The fourth-order valence-corrected chi connectivity index (χ4v) is 1.56. The molecular formula is C13H21N3O2. The minimum absolute atomic E-state index is 0.220. The zero-order valence-electron chi connectivity index (χ0n) is 11.3. The summed E-state index contributed by atoms with van der Waals surface area (Å²) in [6, 6.07) is 0. The van der Waals surface area contributed by atoms with Crippen LogP contribution in [0, 0.1) is 0 Å². The maximum atomic E-state index is 11.9. The zero-order chi connectivity index (χ0) is 13.9. The molecule has 100 valence electrons. The van der Waals surface area contributed by atoms with Crippen molar-refractivity contribution in [1.82, 2.24) is 4.90 Å². The Morgan fingerprint density at radius 2 is 2.11 bits per heavy atom. The Hall–Kier alpha value is -1.78.